The molecule has 3 rings (SSSR count). The molecule has 0 bridgehead atoms. The van der Waals surface area contributed by atoms with Crippen LogP contribution in [0.25, 0.3) is 6.08 Å². The van der Waals surface area contributed by atoms with Crippen molar-refractivity contribution in [3.63, 3.8) is 0 Å². The highest BCUT2D eigenvalue weighted by molar-refractivity contribution is 7.48. The second-order valence-electron chi connectivity index (χ2n) is 5.10. The zero-order valence-corrected chi connectivity index (χ0v) is 13.1. The van der Waals surface area contributed by atoms with Crippen molar-refractivity contribution >= 4 is 13.9 Å². The fourth-order valence-electron chi connectivity index (χ4n) is 2.64. The summed E-state index contributed by atoms with van der Waals surface area (Å²) in [4.78, 5) is 9.99. The zero-order chi connectivity index (χ0) is 15.6. The molecule has 1 N–H and O–H groups in total. The van der Waals surface area contributed by atoms with Gasteiger partial charge in [0.1, 0.15) is 11.5 Å². The molecule has 2 aromatic carbocycles. The Bertz CT molecular complexity index is 739. The maximum absolute atomic E-state index is 12.2. The maximum atomic E-state index is 12.2. The third-order valence-electron chi connectivity index (χ3n) is 3.61. The van der Waals surface area contributed by atoms with Crippen molar-refractivity contribution in [2.24, 2.45) is 0 Å². The van der Waals surface area contributed by atoms with Crippen molar-refractivity contribution in [2.45, 2.75) is 19.3 Å². The van der Waals surface area contributed by atoms with Gasteiger partial charge in [-0.2, -0.15) is 0 Å². The first-order valence-electron chi connectivity index (χ1n) is 7.16. The molecule has 22 heavy (non-hydrogen) atoms. The van der Waals surface area contributed by atoms with Gasteiger partial charge in [-0.05, 0) is 35.8 Å². The molecule has 0 aliphatic heterocycles. The van der Waals surface area contributed by atoms with E-state index in [1.165, 1.54) is 0 Å². The molecule has 5 heteroatoms. The smallest absolute Gasteiger partial charge is 0.399 e. The number of rotatable bonds is 5. The largest absolute Gasteiger partial charge is 0.584 e. The molecule has 0 saturated carbocycles. The maximum Gasteiger partial charge on any atom is 0.584 e. The Kier molecular flexibility index (Phi) is 4.06. The molecular formula is C17H17O4P. The predicted octanol–water partition coefficient (Wildman–Crippen LogP) is 4.73. The SMILES string of the molecule is CCC1C(OP(=O)(O)Oc2ccccc2)=Cc2ccccc21. The Labute approximate surface area is 129 Å². The minimum atomic E-state index is -4.21. The first kappa shape index (κ1) is 14.9. The first-order chi connectivity index (χ1) is 10.6. The number of hydrogen-bond acceptors (Lipinski definition) is 3. The van der Waals surface area contributed by atoms with Crippen LogP contribution >= 0.6 is 7.82 Å². The molecule has 1 aliphatic rings. The Morgan fingerprint density at radius 1 is 1.05 bits per heavy atom. The summed E-state index contributed by atoms with van der Waals surface area (Å²) in [6, 6.07) is 16.4. The van der Waals surface area contributed by atoms with E-state index < -0.39 is 7.82 Å². The quantitative estimate of drug-likeness (QED) is 0.810. The molecule has 0 heterocycles. The van der Waals surface area contributed by atoms with Gasteiger partial charge in [-0.15, -0.1) is 0 Å². The van der Waals surface area contributed by atoms with E-state index in [9.17, 15) is 9.46 Å². The average Bonchev–Trinajstić information content (AvgIpc) is 2.83. The lowest BCUT2D eigenvalue weighted by atomic mass is 9.98. The molecule has 0 aromatic heterocycles. The number of hydrogen-bond donors (Lipinski definition) is 1. The Balaban J connectivity index is 1.79. The third kappa shape index (κ3) is 3.08. The summed E-state index contributed by atoms with van der Waals surface area (Å²) in [6.07, 6.45) is 2.59. The highest BCUT2D eigenvalue weighted by Gasteiger charge is 2.33. The van der Waals surface area contributed by atoms with Crippen LogP contribution in [0.2, 0.25) is 0 Å². The topological polar surface area (TPSA) is 55.8 Å². The van der Waals surface area contributed by atoms with Crippen molar-refractivity contribution in [2.75, 3.05) is 0 Å². The van der Waals surface area contributed by atoms with E-state index in [1.54, 1.807) is 36.4 Å². The van der Waals surface area contributed by atoms with E-state index in [-0.39, 0.29) is 5.92 Å². The fourth-order valence-corrected chi connectivity index (χ4v) is 3.52. The summed E-state index contributed by atoms with van der Waals surface area (Å²) in [5.74, 6) is 0.763. The van der Waals surface area contributed by atoms with Gasteiger partial charge in [-0.1, -0.05) is 49.4 Å². The Morgan fingerprint density at radius 3 is 2.45 bits per heavy atom. The number of phosphoric ester groups is 1. The lowest BCUT2D eigenvalue weighted by Crippen LogP contribution is -2.03. The monoisotopic (exact) mass is 316 g/mol. The summed E-state index contributed by atoms with van der Waals surface area (Å²) in [6.45, 7) is 2.02. The molecule has 114 valence electrons. The van der Waals surface area contributed by atoms with Gasteiger partial charge >= 0.3 is 7.82 Å². The van der Waals surface area contributed by atoms with Crippen LogP contribution in [0.4, 0.5) is 0 Å². The fraction of sp³-hybridized carbons (Fsp3) is 0.176. The molecule has 4 nitrogen and oxygen atoms in total. The molecule has 2 atom stereocenters. The first-order valence-corrected chi connectivity index (χ1v) is 8.66. The summed E-state index contributed by atoms with van der Waals surface area (Å²) >= 11 is 0. The average molecular weight is 316 g/mol. The second-order valence-corrected chi connectivity index (χ2v) is 6.40. The van der Waals surface area contributed by atoms with Crippen LogP contribution in [0.1, 0.15) is 30.4 Å². The molecule has 0 saturated heterocycles. The van der Waals surface area contributed by atoms with Gasteiger partial charge in [0, 0.05) is 5.92 Å². The van der Waals surface area contributed by atoms with Crippen LogP contribution in [0, 0.1) is 0 Å². The summed E-state index contributed by atoms with van der Waals surface area (Å²) in [7, 11) is -4.21. The number of para-hydroxylation sites is 1. The van der Waals surface area contributed by atoms with Gasteiger partial charge in [0.2, 0.25) is 0 Å². The molecule has 0 amide bonds. The minimum Gasteiger partial charge on any atom is -0.399 e. The summed E-state index contributed by atoms with van der Waals surface area (Å²) in [5, 5.41) is 0. The van der Waals surface area contributed by atoms with Gasteiger partial charge in [-0.25, -0.2) is 4.57 Å². The molecule has 0 radical (unpaired) electrons. The zero-order valence-electron chi connectivity index (χ0n) is 12.2. The van der Waals surface area contributed by atoms with Crippen LogP contribution < -0.4 is 4.52 Å². The lowest BCUT2D eigenvalue weighted by Gasteiger charge is -2.19. The Morgan fingerprint density at radius 2 is 1.73 bits per heavy atom. The number of allylic oxidation sites excluding steroid dienone is 1. The molecule has 2 unspecified atom stereocenters. The molecular weight excluding hydrogens is 299 g/mol. The highest BCUT2D eigenvalue weighted by Crippen LogP contribution is 2.51. The van der Waals surface area contributed by atoms with E-state index in [0.29, 0.717) is 11.5 Å². The van der Waals surface area contributed by atoms with Gasteiger partial charge in [0.05, 0.1) is 0 Å². The van der Waals surface area contributed by atoms with Crippen LogP contribution in [0.3, 0.4) is 0 Å². The van der Waals surface area contributed by atoms with Crippen molar-refractivity contribution in [3.8, 4) is 5.75 Å². The highest BCUT2D eigenvalue weighted by atomic mass is 31.2. The van der Waals surface area contributed by atoms with E-state index in [0.717, 1.165) is 17.5 Å². The van der Waals surface area contributed by atoms with E-state index in [2.05, 4.69) is 0 Å². The molecule has 0 fully saturated rings. The number of phosphoric acid groups is 1. The Hall–Kier alpha value is -2.03. The van der Waals surface area contributed by atoms with E-state index >= 15 is 0 Å². The number of benzene rings is 2. The van der Waals surface area contributed by atoms with Crippen LogP contribution in [0.15, 0.2) is 60.4 Å². The minimum absolute atomic E-state index is 0.0175. The van der Waals surface area contributed by atoms with Gasteiger partial charge < -0.3 is 9.05 Å². The van der Waals surface area contributed by atoms with Crippen molar-refractivity contribution in [1.29, 1.82) is 0 Å². The third-order valence-corrected chi connectivity index (χ3v) is 4.49. The van der Waals surface area contributed by atoms with Crippen molar-refractivity contribution < 1.29 is 18.5 Å². The summed E-state index contributed by atoms with van der Waals surface area (Å²) in [5.41, 5.74) is 2.13. The van der Waals surface area contributed by atoms with Gasteiger partial charge in [-0.3, -0.25) is 4.89 Å². The molecule has 0 spiro atoms. The van der Waals surface area contributed by atoms with Gasteiger partial charge in [0.15, 0.2) is 0 Å². The van der Waals surface area contributed by atoms with Gasteiger partial charge in [0.25, 0.3) is 0 Å². The number of fused-ring (bicyclic) bond motifs is 1. The van der Waals surface area contributed by atoms with Crippen molar-refractivity contribution in [3.05, 3.63) is 71.5 Å². The van der Waals surface area contributed by atoms with Crippen molar-refractivity contribution in [1.82, 2.24) is 0 Å². The summed E-state index contributed by atoms with van der Waals surface area (Å²) < 4.78 is 22.7. The second kappa shape index (κ2) is 5.99. The predicted molar refractivity (Wildman–Crippen MR) is 85.4 cm³/mol. The van der Waals surface area contributed by atoms with E-state index in [4.69, 9.17) is 9.05 Å². The van der Waals surface area contributed by atoms with E-state index in [1.807, 2.05) is 31.2 Å². The van der Waals surface area contributed by atoms with Crippen LogP contribution in [-0.4, -0.2) is 4.89 Å². The lowest BCUT2D eigenvalue weighted by molar-refractivity contribution is 0.240. The standard InChI is InChI=1S/C17H17O4P/c1-2-15-16-11-7-6-8-13(16)12-17(15)21-22(18,19)20-14-9-4-3-5-10-14/h3-12,15H,2H2,1H3,(H,18,19). The van der Waals surface area contributed by atoms with Crippen LogP contribution in [-0.2, 0) is 9.09 Å². The normalized spacial score (nSPS) is 19.0. The molecule has 2 aromatic rings. The van der Waals surface area contributed by atoms with Crippen LogP contribution in [0.5, 0.6) is 5.75 Å². The molecule has 1 aliphatic carbocycles.